The number of aromatic nitrogens is 4. The van der Waals surface area contributed by atoms with Gasteiger partial charge in [-0.05, 0) is 32.8 Å². The first-order chi connectivity index (χ1) is 11.1. The molecule has 124 valence electrons. The molecular weight excluding hydrogens is 292 g/mol. The Morgan fingerprint density at radius 1 is 1.39 bits per heavy atom. The summed E-state index contributed by atoms with van der Waals surface area (Å²) in [5.41, 5.74) is 3.38. The van der Waals surface area contributed by atoms with Gasteiger partial charge in [0.05, 0.1) is 18.3 Å². The highest BCUT2D eigenvalue weighted by molar-refractivity contribution is 5.41. The highest BCUT2D eigenvalue weighted by atomic mass is 16.5. The van der Waals surface area contributed by atoms with Gasteiger partial charge in [0.2, 0.25) is 5.95 Å². The second-order valence-corrected chi connectivity index (χ2v) is 5.95. The van der Waals surface area contributed by atoms with Gasteiger partial charge in [0, 0.05) is 37.7 Å². The first kappa shape index (κ1) is 15.7. The van der Waals surface area contributed by atoms with Gasteiger partial charge in [0.1, 0.15) is 5.82 Å². The molecule has 1 atom stereocenters. The summed E-state index contributed by atoms with van der Waals surface area (Å²) in [5.74, 6) is 1.45. The molecule has 2 aromatic heterocycles. The highest BCUT2D eigenvalue weighted by Crippen LogP contribution is 2.16. The smallest absolute Gasteiger partial charge is 0.224 e. The predicted octanol–water partition coefficient (Wildman–Crippen LogP) is 2.03. The van der Waals surface area contributed by atoms with Crippen molar-refractivity contribution < 1.29 is 4.74 Å². The molecule has 2 aromatic rings. The standard InChI is InChI=1S/C16H24N6O/c1-11-14(12(2)22(3)21-11)9-18-16-17-7-6-15(20-16)19-13-5-4-8-23-10-13/h6-7,13H,4-5,8-10H2,1-3H3,(H2,17,18,19,20). The Morgan fingerprint density at radius 2 is 2.26 bits per heavy atom. The third kappa shape index (κ3) is 3.79. The molecule has 3 rings (SSSR count). The van der Waals surface area contributed by atoms with Gasteiger partial charge < -0.3 is 15.4 Å². The number of rotatable bonds is 5. The van der Waals surface area contributed by atoms with E-state index in [1.807, 2.05) is 24.7 Å². The molecule has 1 unspecified atom stereocenters. The fourth-order valence-corrected chi connectivity index (χ4v) is 2.83. The van der Waals surface area contributed by atoms with Crippen LogP contribution in [0.25, 0.3) is 0 Å². The average Bonchev–Trinajstić information content (AvgIpc) is 2.79. The summed E-state index contributed by atoms with van der Waals surface area (Å²) >= 11 is 0. The Morgan fingerprint density at radius 3 is 2.96 bits per heavy atom. The zero-order chi connectivity index (χ0) is 16.2. The van der Waals surface area contributed by atoms with Crippen LogP contribution in [0.3, 0.4) is 0 Å². The van der Waals surface area contributed by atoms with Gasteiger partial charge in [-0.15, -0.1) is 0 Å². The van der Waals surface area contributed by atoms with Crippen LogP contribution in [0.15, 0.2) is 12.3 Å². The maximum absolute atomic E-state index is 5.49. The van der Waals surface area contributed by atoms with E-state index < -0.39 is 0 Å². The van der Waals surface area contributed by atoms with Crippen LogP contribution in [-0.2, 0) is 18.3 Å². The van der Waals surface area contributed by atoms with Crippen LogP contribution in [0, 0.1) is 13.8 Å². The minimum absolute atomic E-state index is 0.328. The molecule has 0 spiro atoms. The summed E-state index contributed by atoms with van der Waals surface area (Å²) < 4.78 is 7.38. The molecule has 0 aromatic carbocycles. The fourth-order valence-electron chi connectivity index (χ4n) is 2.83. The quantitative estimate of drug-likeness (QED) is 0.879. The van der Waals surface area contributed by atoms with Gasteiger partial charge >= 0.3 is 0 Å². The topological polar surface area (TPSA) is 76.9 Å². The predicted molar refractivity (Wildman–Crippen MR) is 89.5 cm³/mol. The molecule has 0 amide bonds. The van der Waals surface area contributed by atoms with Crippen molar-refractivity contribution in [2.45, 2.75) is 39.3 Å². The summed E-state index contributed by atoms with van der Waals surface area (Å²) in [5, 5.41) is 11.1. The van der Waals surface area contributed by atoms with Crippen LogP contribution in [0.5, 0.6) is 0 Å². The molecule has 1 fully saturated rings. The zero-order valence-electron chi connectivity index (χ0n) is 14.0. The van der Waals surface area contributed by atoms with Gasteiger partial charge in [0.25, 0.3) is 0 Å². The van der Waals surface area contributed by atoms with Crippen LogP contribution in [0.2, 0.25) is 0 Å². The van der Waals surface area contributed by atoms with Crippen LogP contribution >= 0.6 is 0 Å². The van der Waals surface area contributed by atoms with Crippen molar-refractivity contribution in [3.63, 3.8) is 0 Å². The number of aryl methyl sites for hydroxylation is 2. The van der Waals surface area contributed by atoms with Crippen molar-refractivity contribution in [2.24, 2.45) is 7.05 Å². The Balaban J connectivity index is 1.63. The minimum Gasteiger partial charge on any atom is -0.379 e. The third-order valence-electron chi connectivity index (χ3n) is 4.25. The number of hydrogen-bond donors (Lipinski definition) is 2. The van der Waals surface area contributed by atoms with Gasteiger partial charge in [-0.1, -0.05) is 0 Å². The first-order valence-electron chi connectivity index (χ1n) is 8.04. The lowest BCUT2D eigenvalue weighted by molar-refractivity contribution is 0.0875. The van der Waals surface area contributed by atoms with E-state index in [1.165, 1.54) is 5.56 Å². The number of nitrogens with zero attached hydrogens (tertiary/aromatic N) is 4. The normalized spacial score (nSPS) is 18.0. The Hall–Kier alpha value is -2.15. The maximum Gasteiger partial charge on any atom is 0.224 e. The zero-order valence-corrected chi connectivity index (χ0v) is 14.0. The summed E-state index contributed by atoms with van der Waals surface area (Å²) in [7, 11) is 1.96. The summed E-state index contributed by atoms with van der Waals surface area (Å²) in [6, 6.07) is 2.22. The van der Waals surface area contributed by atoms with Crippen molar-refractivity contribution in [1.82, 2.24) is 19.7 Å². The largest absolute Gasteiger partial charge is 0.379 e. The Labute approximate surface area is 136 Å². The lowest BCUT2D eigenvalue weighted by Gasteiger charge is -2.23. The van der Waals surface area contributed by atoms with Crippen molar-refractivity contribution in [1.29, 1.82) is 0 Å². The van der Waals surface area contributed by atoms with Crippen molar-refractivity contribution >= 4 is 11.8 Å². The number of nitrogens with one attached hydrogen (secondary N) is 2. The molecule has 23 heavy (non-hydrogen) atoms. The molecule has 3 heterocycles. The molecule has 0 saturated carbocycles. The SMILES string of the molecule is Cc1nn(C)c(C)c1CNc1nccc(NC2CCCOC2)n1. The van der Waals surface area contributed by atoms with E-state index in [0.717, 1.165) is 43.3 Å². The minimum atomic E-state index is 0.328. The fraction of sp³-hybridized carbons (Fsp3) is 0.562. The van der Waals surface area contributed by atoms with E-state index in [9.17, 15) is 0 Å². The van der Waals surface area contributed by atoms with Gasteiger partial charge in [-0.25, -0.2) is 4.98 Å². The Kier molecular flexibility index (Phi) is 4.76. The number of anilines is 2. The lowest BCUT2D eigenvalue weighted by atomic mass is 10.1. The lowest BCUT2D eigenvalue weighted by Crippen LogP contribution is -2.30. The van der Waals surface area contributed by atoms with Gasteiger partial charge in [0.15, 0.2) is 0 Å². The number of ether oxygens (including phenoxy) is 1. The molecule has 2 N–H and O–H groups in total. The molecule has 7 nitrogen and oxygen atoms in total. The molecule has 1 aliphatic heterocycles. The summed E-state index contributed by atoms with van der Waals surface area (Å²) in [6.07, 6.45) is 3.97. The van der Waals surface area contributed by atoms with E-state index in [2.05, 4.69) is 32.6 Å². The van der Waals surface area contributed by atoms with Crippen molar-refractivity contribution in [3.05, 3.63) is 29.2 Å². The molecule has 0 bridgehead atoms. The van der Waals surface area contributed by atoms with E-state index >= 15 is 0 Å². The van der Waals surface area contributed by atoms with E-state index in [-0.39, 0.29) is 0 Å². The van der Waals surface area contributed by atoms with E-state index in [0.29, 0.717) is 18.5 Å². The second kappa shape index (κ2) is 6.95. The van der Waals surface area contributed by atoms with E-state index in [4.69, 9.17) is 4.74 Å². The van der Waals surface area contributed by atoms with Crippen LogP contribution in [0.4, 0.5) is 11.8 Å². The molecule has 0 radical (unpaired) electrons. The monoisotopic (exact) mass is 316 g/mol. The van der Waals surface area contributed by atoms with Gasteiger partial charge in [-0.3, -0.25) is 4.68 Å². The molecular formula is C16H24N6O. The van der Waals surface area contributed by atoms with E-state index in [1.54, 1.807) is 6.20 Å². The maximum atomic E-state index is 5.49. The second-order valence-electron chi connectivity index (χ2n) is 5.95. The molecule has 1 aliphatic rings. The summed E-state index contributed by atoms with van der Waals surface area (Å²) in [6.45, 7) is 6.35. The van der Waals surface area contributed by atoms with Crippen LogP contribution in [-0.4, -0.2) is 39.0 Å². The third-order valence-corrected chi connectivity index (χ3v) is 4.25. The highest BCUT2D eigenvalue weighted by Gasteiger charge is 2.14. The summed E-state index contributed by atoms with van der Waals surface area (Å²) in [4.78, 5) is 8.82. The first-order valence-corrected chi connectivity index (χ1v) is 8.04. The van der Waals surface area contributed by atoms with Crippen molar-refractivity contribution in [2.75, 3.05) is 23.8 Å². The van der Waals surface area contributed by atoms with Gasteiger partial charge in [-0.2, -0.15) is 10.1 Å². The average molecular weight is 316 g/mol. The Bertz CT molecular complexity index is 663. The van der Waals surface area contributed by atoms with Crippen LogP contribution in [0.1, 0.15) is 29.8 Å². The van der Waals surface area contributed by atoms with Crippen molar-refractivity contribution in [3.8, 4) is 0 Å². The molecule has 7 heteroatoms. The number of hydrogen-bond acceptors (Lipinski definition) is 6. The molecule has 1 saturated heterocycles. The molecule has 0 aliphatic carbocycles. The van der Waals surface area contributed by atoms with Crippen LogP contribution < -0.4 is 10.6 Å².